The van der Waals surface area contributed by atoms with E-state index in [1.165, 1.54) is 30.7 Å². The zero-order chi connectivity index (χ0) is 16.2. The van der Waals surface area contributed by atoms with Gasteiger partial charge in [-0.1, -0.05) is 6.92 Å². The van der Waals surface area contributed by atoms with Crippen molar-refractivity contribution >= 4 is 17.5 Å². The molecule has 0 bridgehead atoms. The van der Waals surface area contributed by atoms with Gasteiger partial charge < -0.3 is 10.2 Å². The Balaban J connectivity index is 1.65. The van der Waals surface area contributed by atoms with E-state index >= 15 is 0 Å². The van der Waals surface area contributed by atoms with Gasteiger partial charge in [0.15, 0.2) is 11.6 Å². The number of rotatable bonds is 3. The predicted molar refractivity (Wildman–Crippen MR) is 87.0 cm³/mol. The largest absolute Gasteiger partial charge is 0.355 e. The van der Waals surface area contributed by atoms with Crippen molar-refractivity contribution < 1.29 is 9.18 Å². The van der Waals surface area contributed by atoms with Crippen molar-refractivity contribution in [3.63, 3.8) is 0 Å². The lowest BCUT2D eigenvalue weighted by Gasteiger charge is -2.31. The maximum Gasteiger partial charge on any atom is 0.256 e. The fourth-order valence-corrected chi connectivity index (χ4v) is 2.75. The van der Waals surface area contributed by atoms with Crippen molar-refractivity contribution in [2.45, 2.75) is 19.8 Å². The summed E-state index contributed by atoms with van der Waals surface area (Å²) in [5.74, 6) is 1.16. The van der Waals surface area contributed by atoms with E-state index in [0.717, 1.165) is 25.3 Å². The fourth-order valence-electron chi connectivity index (χ4n) is 2.75. The van der Waals surface area contributed by atoms with Gasteiger partial charge in [-0.2, -0.15) is 0 Å². The molecule has 1 atom stereocenters. The highest BCUT2D eigenvalue weighted by atomic mass is 19.1. The molecule has 120 valence electrons. The van der Waals surface area contributed by atoms with Crippen LogP contribution in [-0.2, 0) is 0 Å². The second-order valence-electron chi connectivity index (χ2n) is 5.93. The van der Waals surface area contributed by atoms with Crippen LogP contribution in [0.25, 0.3) is 0 Å². The molecule has 0 radical (unpaired) electrons. The Hall–Kier alpha value is -2.50. The van der Waals surface area contributed by atoms with Gasteiger partial charge >= 0.3 is 0 Å². The van der Waals surface area contributed by atoms with Crippen molar-refractivity contribution in [1.29, 1.82) is 0 Å². The van der Waals surface area contributed by atoms with Gasteiger partial charge in [-0.05, 0) is 55.2 Å². The standard InChI is InChI=1S/C17H19FN4O/c1-12-3-2-10-22(11-12)16-9-8-15(20-21-16)19-17(23)13-4-6-14(18)7-5-13/h4-9,12H,2-3,10-11H2,1H3,(H,19,20,23). The molecule has 3 rings (SSSR count). The molecule has 1 aliphatic rings. The van der Waals surface area contributed by atoms with Crippen LogP contribution in [0.15, 0.2) is 36.4 Å². The third-order valence-electron chi connectivity index (χ3n) is 3.98. The number of piperidine rings is 1. The molecule has 1 saturated heterocycles. The van der Waals surface area contributed by atoms with Crippen LogP contribution >= 0.6 is 0 Å². The quantitative estimate of drug-likeness (QED) is 0.946. The van der Waals surface area contributed by atoms with Gasteiger partial charge in [0.2, 0.25) is 0 Å². The molecule has 0 spiro atoms. The highest BCUT2D eigenvalue weighted by Gasteiger charge is 2.18. The molecular formula is C17H19FN4O. The average Bonchev–Trinajstić information content (AvgIpc) is 2.56. The minimum absolute atomic E-state index is 0.335. The monoisotopic (exact) mass is 314 g/mol. The van der Waals surface area contributed by atoms with Crippen molar-refractivity contribution in [3.05, 3.63) is 47.8 Å². The van der Waals surface area contributed by atoms with E-state index in [2.05, 4.69) is 27.3 Å². The summed E-state index contributed by atoms with van der Waals surface area (Å²) in [5, 5.41) is 10.9. The van der Waals surface area contributed by atoms with E-state index in [9.17, 15) is 9.18 Å². The van der Waals surface area contributed by atoms with Crippen LogP contribution in [0.1, 0.15) is 30.1 Å². The second-order valence-corrected chi connectivity index (χ2v) is 5.93. The first-order chi connectivity index (χ1) is 11.1. The lowest BCUT2D eigenvalue weighted by molar-refractivity contribution is 0.102. The van der Waals surface area contributed by atoms with E-state index in [1.807, 2.05) is 6.07 Å². The molecule has 1 unspecified atom stereocenters. The molecular weight excluding hydrogens is 295 g/mol. The van der Waals surface area contributed by atoms with E-state index in [-0.39, 0.29) is 11.7 Å². The lowest BCUT2D eigenvalue weighted by atomic mass is 10.0. The first-order valence-electron chi connectivity index (χ1n) is 7.77. The molecule has 1 aromatic heterocycles. The number of anilines is 2. The van der Waals surface area contributed by atoms with Crippen LogP contribution in [0.4, 0.5) is 16.0 Å². The van der Waals surface area contributed by atoms with E-state index in [0.29, 0.717) is 17.3 Å². The first-order valence-corrected chi connectivity index (χ1v) is 7.77. The zero-order valence-corrected chi connectivity index (χ0v) is 13.0. The molecule has 1 aromatic carbocycles. The number of halogens is 1. The Morgan fingerprint density at radius 3 is 2.65 bits per heavy atom. The lowest BCUT2D eigenvalue weighted by Crippen LogP contribution is -2.34. The molecule has 6 heteroatoms. The molecule has 5 nitrogen and oxygen atoms in total. The van der Waals surface area contributed by atoms with Crippen molar-refractivity contribution in [2.75, 3.05) is 23.3 Å². The number of nitrogens with zero attached hydrogens (tertiary/aromatic N) is 3. The smallest absolute Gasteiger partial charge is 0.256 e. The number of hydrogen-bond donors (Lipinski definition) is 1. The van der Waals surface area contributed by atoms with E-state index < -0.39 is 0 Å². The molecule has 2 aromatic rings. The number of nitrogens with one attached hydrogen (secondary N) is 1. The predicted octanol–water partition coefficient (Wildman–Crippen LogP) is 3.10. The van der Waals surface area contributed by atoms with Crippen LogP contribution in [0.2, 0.25) is 0 Å². The van der Waals surface area contributed by atoms with Crippen LogP contribution < -0.4 is 10.2 Å². The summed E-state index contributed by atoms with van der Waals surface area (Å²) in [7, 11) is 0. The maximum absolute atomic E-state index is 12.9. The first kappa shape index (κ1) is 15.4. The maximum atomic E-state index is 12.9. The van der Waals surface area contributed by atoms with Crippen LogP contribution in [0, 0.1) is 11.7 Å². The summed E-state index contributed by atoms with van der Waals surface area (Å²) in [6.07, 6.45) is 2.40. The van der Waals surface area contributed by atoms with Gasteiger partial charge in [0.1, 0.15) is 5.82 Å². The van der Waals surface area contributed by atoms with Gasteiger partial charge in [0.25, 0.3) is 5.91 Å². The minimum atomic E-state index is -0.374. The SMILES string of the molecule is CC1CCCN(c2ccc(NC(=O)c3ccc(F)cc3)nn2)C1. The average molecular weight is 314 g/mol. The van der Waals surface area contributed by atoms with Crippen molar-refractivity contribution in [3.8, 4) is 0 Å². The molecule has 0 aliphatic carbocycles. The third-order valence-corrected chi connectivity index (χ3v) is 3.98. The number of carbonyl (C=O) groups is 1. The highest BCUT2D eigenvalue weighted by molar-refractivity contribution is 6.03. The number of carbonyl (C=O) groups excluding carboxylic acids is 1. The van der Waals surface area contributed by atoms with Gasteiger partial charge in [-0.25, -0.2) is 4.39 Å². The Kier molecular flexibility index (Phi) is 4.50. The van der Waals surface area contributed by atoms with E-state index in [4.69, 9.17) is 0 Å². The molecule has 1 amide bonds. The molecule has 1 N–H and O–H groups in total. The summed E-state index contributed by atoms with van der Waals surface area (Å²) >= 11 is 0. The normalized spacial score (nSPS) is 17.8. The molecule has 23 heavy (non-hydrogen) atoms. The fraction of sp³-hybridized carbons (Fsp3) is 0.353. The number of hydrogen-bond acceptors (Lipinski definition) is 4. The van der Waals surface area contributed by atoms with Gasteiger partial charge in [-0.15, -0.1) is 10.2 Å². The second kappa shape index (κ2) is 6.73. The van der Waals surface area contributed by atoms with E-state index in [1.54, 1.807) is 6.07 Å². The number of benzene rings is 1. The van der Waals surface area contributed by atoms with Crippen LogP contribution in [0.5, 0.6) is 0 Å². The molecule has 1 fully saturated rings. The van der Waals surface area contributed by atoms with Gasteiger partial charge in [-0.3, -0.25) is 4.79 Å². The summed E-state index contributed by atoms with van der Waals surface area (Å²) < 4.78 is 12.9. The molecule has 1 aliphatic heterocycles. The topological polar surface area (TPSA) is 58.1 Å². The summed E-state index contributed by atoms with van der Waals surface area (Å²) in [6, 6.07) is 8.97. The Morgan fingerprint density at radius 1 is 1.22 bits per heavy atom. The Morgan fingerprint density at radius 2 is 2.00 bits per heavy atom. The highest BCUT2D eigenvalue weighted by Crippen LogP contribution is 2.21. The van der Waals surface area contributed by atoms with Crippen LogP contribution in [0.3, 0.4) is 0 Å². The molecule has 0 saturated carbocycles. The van der Waals surface area contributed by atoms with Gasteiger partial charge in [0.05, 0.1) is 0 Å². The van der Waals surface area contributed by atoms with Crippen LogP contribution in [-0.4, -0.2) is 29.2 Å². The Bertz CT molecular complexity index is 672. The molecule has 2 heterocycles. The number of aromatic nitrogens is 2. The van der Waals surface area contributed by atoms with Crippen molar-refractivity contribution in [1.82, 2.24) is 10.2 Å². The summed E-state index contributed by atoms with van der Waals surface area (Å²) in [6.45, 7) is 4.20. The van der Waals surface area contributed by atoms with Gasteiger partial charge in [0, 0.05) is 18.7 Å². The summed E-state index contributed by atoms with van der Waals surface area (Å²) in [4.78, 5) is 14.3. The zero-order valence-electron chi connectivity index (χ0n) is 13.0. The third kappa shape index (κ3) is 3.83. The number of amides is 1. The van der Waals surface area contributed by atoms with Crippen molar-refractivity contribution in [2.24, 2.45) is 5.92 Å². The minimum Gasteiger partial charge on any atom is -0.355 e. The Labute approximate surface area is 134 Å². The summed E-state index contributed by atoms with van der Waals surface area (Å²) in [5.41, 5.74) is 0.377.